The Morgan fingerprint density at radius 2 is 1.90 bits per heavy atom. The van der Waals surface area contributed by atoms with Crippen LogP contribution in [0, 0.1) is 6.92 Å². The fraction of sp³-hybridized carbons (Fsp3) is 0.0952. The van der Waals surface area contributed by atoms with Crippen molar-refractivity contribution in [2.75, 3.05) is 12.4 Å². The zero-order chi connectivity index (χ0) is 21.3. The Kier molecular flexibility index (Phi) is 5.76. The maximum Gasteiger partial charge on any atom is 0.258 e. The monoisotopic (exact) mass is 458 g/mol. The average Bonchev–Trinajstić information content (AvgIpc) is 3.34. The third kappa shape index (κ3) is 4.18. The second-order valence-corrected chi connectivity index (χ2v) is 8.09. The molecule has 2 heterocycles. The minimum atomic E-state index is -0.357. The number of aromatic nitrogens is 3. The van der Waals surface area contributed by atoms with Crippen LogP contribution < -0.4 is 10.1 Å². The number of hydrogen-bond acceptors (Lipinski definition) is 5. The van der Waals surface area contributed by atoms with Gasteiger partial charge in [-0.2, -0.15) is 9.78 Å². The van der Waals surface area contributed by atoms with Crippen LogP contribution in [0.15, 0.2) is 53.9 Å². The molecule has 0 unspecified atom stereocenters. The van der Waals surface area contributed by atoms with Crippen LogP contribution >= 0.6 is 34.5 Å². The first kappa shape index (κ1) is 20.4. The van der Waals surface area contributed by atoms with Gasteiger partial charge in [0.05, 0.1) is 29.1 Å². The highest BCUT2D eigenvalue weighted by atomic mass is 35.5. The standard InChI is InChI=1S/C21H16Cl2N4O2S/c1-12-9-19(25-20(28)16-8-5-14(22)10-17(16)23)27(26-12)21-24-18(11-30-21)13-3-6-15(29-2)7-4-13/h3-11H,1-2H3,(H,25,28). The van der Waals surface area contributed by atoms with E-state index in [9.17, 15) is 4.79 Å². The van der Waals surface area contributed by atoms with Crippen molar-refractivity contribution in [2.24, 2.45) is 0 Å². The van der Waals surface area contributed by atoms with Crippen molar-refractivity contribution in [3.05, 3.63) is 75.2 Å². The summed E-state index contributed by atoms with van der Waals surface area (Å²) in [6.45, 7) is 1.85. The lowest BCUT2D eigenvalue weighted by Crippen LogP contribution is -2.15. The van der Waals surface area contributed by atoms with Crippen LogP contribution in [-0.2, 0) is 0 Å². The lowest BCUT2D eigenvalue weighted by molar-refractivity contribution is 0.102. The van der Waals surface area contributed by atoms with E-state index in [-0.39, 0.29) is 10.9 Å². The number of nitrogens with one attached hydrogen (secondary N) is 1. The fourth-order valence-electron chi connectivity index (χ4n) is 2.85. The number of thiazole rings is 1. The molecule has 1 amide bonds. The molecule has 0 atom stereocenters. The summed E-state index contributed by atoms with van der Waals surface area (Å²) >= 11 is 13.5. The number of halogens is 2. The second kappa shape index (κ2) is 8.47. The van der Waals surface area contributed by atoms with Crippen molar-refractivity contribution in [1.82, 2.24) is 14.8 Å². The number of benzene rings is 2. The van der Waals surface area contributed by atoms with Gasteiger partial charge < -0.3 is 10.1 Å². The van der Waals surface area contributed by atoms with E-state index in [1.165, 1.54) is 17.4 Å². The van der Waals surface area contributed by atoms with E-state index < -0.39 is 0 Å². The van der Waals surface area contributed by atoms with Crippen LogP contribution in [0.3, 0.4) is 0 Å². The van der Waals surface area contributed by atoms with Crippen LogP contribution in [0.2, 0.25) is 10.0 Å². The van der Waals surface area contributed by atoms with E-state index >= 15 is 0 Å². The Hall–Kier alpha value is -2.87. The molecule has 0 spiro atoms. The molecule has 0 aliphatic carbocycles. The molecule has 4 rings (SSSR count). The molecule has 30 heavy (non-hydrogen) atoms. The first-order valence-electron chi connectivity index (χ1n) is 8.88. The average molecular weight is 459 g/mol. The number of carbonyl (C=O) groups excluding carboxylic acids is 1. The van der Waals surface area contributed by atoms with Gasteiger partial charge in [-0.3, -0.25) is 4.79 Å². The number of hydrogen-bond donors (Lipinski definition) is 1. The van der Waals surface area contributed by atoms with Gasteiger partial charge in [-0.15, -0.1) is 11.3 Å². The number of carbonyl (C=O) groups is 1. The van der Waals surface area contributed by atoms with Crippen molar-refractivity contribution in [3.8, 4) is 22.1 Å². The minimum Gasteiger partial charge on any atom is -0.497 e. The summed E-state index contributed by atoms with van der Waals surface area (Å²) in [7, 11) is 1.63. The maximum absolute atomic E-state index is 12.7. The highest BCUT2D eigenvalue weighted by Gasteiger charge is 2.17. The van der Waals surface area contributed by atoms with E-state index in [1.807, 2.05) is 36.6 Å². The lowest BCUT2D eigenvalue weighted by Gasteiger charge is -2.08. The molecule has 4 aromatic rings. The van der Waals surface area contributed by atoms with E-state index in [1.54, 1.807) is 30.0 Å². The molecular weight excluding hydrogens is 443 g/mol. The predicted octanol–water partition coefficient (Wildman–Crippen LogP) is 5.87. The fourth-order valence-corrected chi connectivity index (χ4v) is 4.14. The summed E-state index contributed by atoms with van der Waals surface area (Å²) in [5.41, 5.74) is 2.84. The van der Waals surface area contributed by atoms with E-state index in [0.717, 1.165) is 22.7 Å². The Morgan fingerprint density at radius 1 is 1.13 bits per heavy atom. The van der Waals surface area contributed by atoms with Gasteiger partial charge in [-0.05, 0) is 49.4 Å². The van der Waals surface area contributed by atoms with Crippen LogP contribution in [-0.4, -0.2) is 27.8 Å². The summed E-state index contributed by atoms with van der Waals surface area (Å²) < 4.78 is 6.80. The van der Waals surface area contributed by atoms with Crippen molar-refractivity contribution in [2.45, 2.75) is 6.92 Å². The second-order valence-electron chi connectivity index (χ2n) is 6.40. The zero-order valence-electron chi connectivity index (χ0n) is 16.0. The van der Waals surface area contributed by atoms with E-state index in [2.05, 4.69) is 15.4 Å². The van der Waals surface area contributed by atoms with Crippen molar-refractivity contribution in [1.29, 1.82) is 0 Å². The Bertz CT molecular complexity index is 1220. The summed E-state index contributed by atoms with van der Waals surface area (Å²) in [6.07, 6.45) is 0. The van der Waals surface area contributed by atoms with Crippen molar-refractivity contribution < 1.29 is 9.53 Å². The molecule has 0 bridgehead atoms. The Morgan fingerprint density at radius 3 is 2.60 bits per heavy atom. The smallest absolute Gasteiger partial charge is 0.258 e. The molecule has 1 N–H and O–H groups in total. The molecule has 0 fully saturated rings. The van der Waals surface area contributed by atoms with Gasteiger partial charge in [-0.1, -0.05) is 23.2 Å². The molecule has 0 saturated carbocycles. The van der Waals surface area contributed by atoms with Gasteiger partial charge in [0.25, 0.3) is 5.91 Å². The maximum atomic E-state index is 12.7. The summed E-state index contributed by atoms with van der Waals surface area (Å²) in [5, 5.41) is 10.6. The largest absolute Gasteiger partial charge is 0.497 e. The van der Waals surface area contributed by atoms with Gasteiger partial charge in [0.15, 0.2) is 0 Å². The van der Waals surface area contributed by atoms with Gasteiger partial charge in [0, 0.05) is 22.0 Å². The van der Waals surface area contributed by atoms with Gasteiger partial charge >= 0.3 is 0 Å². The third-order valence-corrected chi connectivity index (χ3v) is 5.67. The van der Waals surface area contributed by atoms with E-state index in [0.29, 0.717) is 21.5 Å². The number of rotatable bonds is 5. The van der Waals surface area contributed by atoms with Crippen molar-refractivity contribution >= 4 is 46.3 Å². The van der Waals surface area contributed by atoms with Crippen molar-refractivity contribution in [3.63, 3.8) is 0 Å². The SMILES string of the molecule is COc1ccc(-c2csc(-n3nc(C)cc3NC(=O)c3ccc(Cl)cc3Cl)n2)cc1. The molecule has 6 nitrogen and oxygen atoms in total. The van der Waals surface area contributed by atoms with Gasteiger partial charge in [0.2, 0.25) is 5.13 Å². The Balaban J connectivity index is 1.62. The molecule has 9 heteroatoms. The summed E-state index contributed by atoms with van der Waals surface area (Å²) in [5.74, 6) is 0.923. The number of anilines is 1. The lowest BCUT2D eigenvalue weighted by atomic mass is 10.2. The number of nitrogens with zero attached hydrogens (tertiary/aromatic N) is 3. The normalized spacial score (nSPS) is 10.8. The first-order chi connectivity index (χ1) is 14.4. The molecule has 0 saturated heterocycles. The van der Waals surface area contributed by atoms with Crippen LogP contribution in [0.1, 0.15) is 16.1 Å². The summed E-state index contributed by atoms with van der Waals surface area (Å²) in [6, 6.07) is 14.2. The molecule has 0 aliphatic heterocycles. The van der Waals surface area contributed by atoms with Gasteiger partial charge in [-0.25, -0.2) is 4.98 Å². The quantitative estimate of drug-likeness (QED) is 0.405. The predicted molar refractivity (Wildman–Crippen MR) is 120 cm³/mol. The van der Waals surface area contributed by atoms with Crippen LogP contribution in [0.5, 0.6) is 5.75 Å². The van der Waals surface area contributed by atoms with Crippen LogP contribution in [0.4, 0.5) is 5.82 Å². The van der Waals surface area contributed by atoms with E-state index in [4.69, 9.17) is 27.9 Å². The zero-order valence-corrected chi connectivity index (χ0v) is 18.3. The summed E-state index contributed by atoms with van der Waals surface area (Å²) in [4.78, 5) is 17.4. The molecular formula is C21H16Cl2N4O2S. The molecule has 2 aromatic heterocycles. The molecule has 152 valence electrons. The van der Waals surface area contributed by atoms with Gasteiger partial charge in [0.1, 0.15) is 11.6 Å². The first-order valence-corrected chi connectivity index (χ1v) is 10.5. The number of methoxy groups -OCH3 is 1. The number of amides is 1. The topological polar surface area (TPSA) is 69.0 Å². The number of aryl methyl sites for hydroxylation is 1. The number of ether oxygens (including phenoxy) is 1. The molecule has 0 radical (unpaired) electrons. The Labute approximate surface area is 187 Å². The highest BCUT2D eigenvalue weighted by molar-refractivity contribution is 7.12. The molecule has 0 aliphatic rings. The minimum absolute atomic E-state index is 0.277. The van der Waals surface area contributed by atoms with Crippen LogP contribution in [0.25, 0.3) is 16.4 Å². The molecule has 2 aromatic carbocycles. The highest BCUT2D eigenvalue weighted by Crippen LogP contribution is 2.28. The third-order valence-electron chi connectivity index (χ3n) is 4.31.